The molecule has 0 saturated carbocycles. The van der Waals surface area contributed by atoms with Crippen molar-refractivity contribution in [2.75, 3.05) is 20.8 Å². The Hall–Kier alpha value is -3.36. The lowest BCUT2D eigenvalue weighted by Gasteiger charge is -2.29. The molecule has 34 heavy (non-hydrogen) atoms. The predicted molar refractivity (Wildman–Crippen MR) is 132 cm³/mol. The van der Waals surface area contributed by atoms with Crippen LogP contribution in [0.2, 0.25) is 0 Å². The minimum Gasteiger partial charge on any atom is -0.497 e. The van der Waals surface area contributed by atoms with Gasteiger partial charge < -0.3 is 23.9 Å². The van der Waals surface area contributed by atoms with Crippen molar-refractivity contribution in [1.29, 1.82) is 0 Å². The fraction of sp³-hybridized carbons (Fsp3) is 0.231. The van der Waals surface area contributed by atoms with Gasteiger partial charge >= 0.3 is 0 Å². The van der Waals surface area contributed by atoms with Crippen molar-refractivity contribution in [3.63, 3.8) is 0 Å². The lowest BCUT2D eigenvalue weighted by molar-refractivity contribution is 0.0525. The van der Waals surface area contributed by atoms with Crippen LogP contribution in [-0.4, -0.2) is 41.7 Å². The van der Waals surface area contributed by atoms with E-state index < -0.39 is 6.04 Å². The highest BCUT2D eigenvalue weighted by atomic mass is 79.9. The van der Waals surface area contributed by atoms with Gasteiger partial charge in [-0.05, 0) is 70.9 Å². The molecule has 1 N–H and O–H groups in total. The molecule has 176 valence electrons. The number of carbonyl (C=O) groups is 1. The number of hydrogen-bond donors (Lipinski definition) is 1. The number of hydrogen-bond acceptors (Lipinski definition) is 6. The lowest BCUT2D eigenvalue weighted by Crippen LogP contribution is -2.36. The Morgan fingerprint density at radius 1 is 1.09 bits per heavy atom. The quantitative estimate of drug-likeness (QED) is 0.337. The number of fused-ring (bicyclic) bond motifs is 1. The number of amides is 1. The first-order valence-corrected chi connectivity index (χ1v) is 11.5. The van der Waals surface area contributed by atoms with Crippen molar-refractivity contribution in [1.82, 2.24) is 9.88 Å². The van der Waals surface area contributed by atoms with E-state index in [1.54, 1.807) is 24.1 Å². The normalized spacial score (nSPS) is 11.9. The van der Waals surface area contributed by atoms with Gasteiger partial charge in [-0.15, -0.1) is 0 Å². The predicted octanol–water partition coefficient (Wildman–Crippen LogP) is 5.29. The van der Waals surface area contributed by atoms with E-state index in [1.165, 1.54) is 7.11 Å². The lowest BCUT2D eigenvalue weighted by atomic mass is 10.1. The summed E-state index contributed by atoms with van der Waals surface area (Å²) in [7, 11) is 3.09. The molecule has 0 aliphatic rings. The van der Waals surface area contributed by atoms with Gasteiger partial charge in [0.1, 0.15) is 28.8 Å². The maximum absolute atomic E-state index is 13.7. The van der Waals surface area contributed by atoms with Gasteiger partial charge in [-0.3, -0.25) is 4.79 Å². The number of aliphatic hydroxyl groups excluding tert-OH is 1. The van der Waals surface area contributed by atoms with Crippen LogP contribution in [0.1, 0.15) is 33.4 Å². The summed E-state index contributed by atoms with van der Waals surface area (Å²) in [5, 5.41) is 11.3. The van der Waals surface area contributed by atoms with E-state index in [2.05, 4.69) is 20.9 Å². The van der Waals surface area contributed by atoms with Crippen molar-refractivity contribution >= 4 is 32.8 Å². The summed E-state index contributed by atoms with van der Waals surface area (Å²) in [4.78, 5) is 19.6. The molecule has 0 aliphatic heterocycles. The van der Waals surface area contributed by atoms with Gasteiger partial charge in [0.2, 0.25) is 5.88 Å². The largest absolute Gasteiger partial charge is 0.497 e. The topological polar surface area (TPSA) is 85.0 Å². The van der Waals surface area contributed by atoms with E-state index in [1.807, 2.05) is 55.5 Å². The summed E-state index contributed by atoms with van der Waals surface area (Å²) in [6, 6.07) is 17.7. The molecule has 1 amide bonds. The first-order valence-electron chi connectivity index (χ1n) is 10.7. The number of aromatic nitrogens is 1. The summed E-state index contributed by atoms with van der Waals surface area (Å²) in [6.07, 6.45) is 0. The molecule has 8 heteroatoms. The second kappa shape index (κ2) is 10.3. The van der Waals surface area contributed by atoms with Crippen LogP contribution in [0, 0.1) is 6.92 Å². The number of carbonyl (C=O) groups excluding carboxylic acids is 1. The number of aryl methyl sites for hydroxylation is 1. The average Bonchev–Trinajstić information content (AvgIpc) is 3.27. The Morgan fingerprint density at radius 3 is 2.53 bits per heavy atom. The number of nitrogens with zero attached hydrogens (tertiary/aromatic N) is 2. The number of furan rings is 1. The standard InChI is InChI=1S/C26H25BrN2O5/c1-16-4-11-23-18(12-16)13-24(34-23)22(15-30)29(14-17-5-7-19(32-2)8-6-17)26(31)21-10-9-20(27)25(28-21)33-3/h4-13,22,30H,14-15H2,1-3H3/t22-/m1/s1. The summed E-state index contributed by atoms with van der Waals surface area (Å²) >= 11 is 3.37. The number of methoxy groups -OCH3 is 2. The van der Waals surface area contributed by atoms with Gasteiger partial charge in [-0.25, -0.2) is 4.98 Å². The zero-order valence-corrected chi connectivity index (χ0v) is 20.7. The molecular formula is C26H25BrN2O5. The summed E-state index contributed by atoms with van der Waals surface area (Å²) in [5.74, 6) is 1.15. The van der Waals surface area contributed by atoms with E-state index in [4.69, 9.17) is 13.9 Å². The third-order valence-corrected chi connectivity index (χ3v) is 6.17. The highest BCUT2D eigenvalue weighted by Gasteiger charge is 2.30. The number of rotatable bonds is 8. The minimum atomic E-state index is -0.723. The third kappa shape index (κ3) is 4.93. The van der Waals surface area contributed by atoms with Crippen LogP contribution >= 0.6 is 15.9 Å². The maximum Gasteiger partial charge on any atom is 0.273 e. The van der Waals surface area contributed by atoms with Crippen LogP contribution in [0.4, 0.5) is 0 Å². The van der Waals surface area contributed by atoms with Crippen molar-refractivity contribution in [3.8, 4) is 11.6 Å². The van der Waals surface area contributed by atoms with Crippen LogP contribution in [0.15, 0.2) is 69.6 Å². The molecule has 0 radical (unpaired) electrons. The van der Waals surface area contributed by atoms with Crippen molar-refractivity contribution in [3.05, 3.63) is 87.7 Å². The first-order chi connectivity index (χ1) is 16.4. The van der Waals surface area contributed by atoms with Gasteiger partial charge in [0, 0.05) is 11.9 Å². The molecule has 7 nitrogen and oxygen atoms in total. The maximum atomic E-state index is 13.7. The first kappa shape index (κ1) is 23.8. The Morgan fingerprint density at radius 2 is 1.85 bits per heavy atom. The van der Waals surface area contributed by atoms with Gasteiger partial charge in [-0.1, -0.05) is 23.8 Å². The van der Waals surface area contributed by atoms with E-state index in [0.717, 1.165) is 16.5 Å². The Kier molecular flexibility index (Phi) is 7.19. The summed E-state index contributed by atoms with van der Waals surface area (Å²) < 4.78 is 17.2. The number of benzene rings is 2. The molecule has 4 aromatic rings. The monoisotopic (exact) mass is 524 g/mol. The zero-order valence-electron chi connectivity index (χ0n) is 19.1. The molecule has 0 aliphatic carbocycles. The van der Waals surface area contributed by atoms with Crippen LogP contribution in [0.25, 0.3) is 11.0 Å². The molecule has 2 aromatic carbocycles. The second-order valence-electron chi connectivity index (χ2n) is 7.86. The van der Waals surface area contributed by atoms with Crippen LogP contribution < -0.4 is 9.47 Å². The molecule has 0 spiro atoms. The van der Waals surface area contributed by atoms with Crippen LogP contribution in [0.3, 0.4) is 0 Å². The second-order valence-corrected chi connectivity index (χ2v) is 8.71. The average molecular weight is 525 g/mol. The van der Waals surface area contributed by atoms with Crippen molar-refractivity contribution in [2.24, 2.45) is 0 Å². The molecule has 2 heterocycles. The highest BCUT2D eigenvalue weighted by molar-refractivity contribution is 9.10. The van der Waals surface area contributed by atoms with Gasteiger partial charge in [0.15, 0.2) is 0 Å². The molecule has 1 atom stereocenters. The Bertz CT molecular complexity index is 1300. The van der Waals surface area contributed by atoms with Crippen LogP contribution in [-0.2, 0) is 6.54 Å². The molecule has 0 unspecified atom stereocenters. The fourth-order valence-corrected chi connectivity index (χ4v) is 4.16. The zero-order chi connectivity index (χ0) is 24.2. The van der Waals surface area contributed by atoms with E-state index in [9.17, 15) is 9.90 Å². The van der Waals surface area contributed by atoms with Crippen LogP contribution in [0.5, 0.6) is 11.6 Å². The number of aliphatic hydroxyl groups is 1. The van der Waals surface area contributed by atoms with Crippen molar-refractivity contribution < 1.29 is 23.8 Å². The van der Waals surface area contributed by atoms with E-state index >= 15 is 0 Å². The molecular weight excluding hydrogens is 500 g/mol. The molecule has 0 saturated heterocycles. The molecule has 0 fully saturated rings. The Labute approximate surface area is 206 Å². The smallest absolute Gasteiger partial charge is 0.273 e. The summed E-state index contributed by atoms with van der Waals surface area (Å²) in [6.45, 7) is 1.90. The molecule has 2 aromatic heterocycles. The SMILES string of the molecule is COc1ccc(CN(C(=O)c2ccc(Br)c(OC)n2)[C@H](CO)c2cc3cc(C)ccc3o2)cc1. The van der Waals surface area contributed by atoms with E-state index in [0.29, 0.717) is 27.4 Å². The molecule has 4 rings (SSSR count). The van der Waals surface area contributed by atoms with E-state index in [-0.39, 0.29) is 24.8 Å². The molecule has 0 bridgehead atoms. The minimum absolute atomic E-state index is 0.193. The number of pyridine rings is 1. The third-order valence-electron chi connectivity index (χ3n) is 5.57. The van der Waals surface area contributed by atoms with Crippen molar-refractivity contribution in [2.45, 2.75) is 19.5 Å². The van der Waals surface area contributed by atoms with Gasteiger partial charge in [-0.2, -0.15) is 0 Å². The number of halogens is 1. The fourth-order valence-electron chi connectivity index (χ4n) is 3.77. The summed E-state index contributed by atoms with van der Waals surface area (Å²) in [5.41, 5.74) is 2.85. The highest BCUT2D eigenvalue weighted by Crippen LogP contribution is 2.31. The van der Waals surface area contributed by atoms with Gasteiger partial charge in [0.25, 0.3) is 5.91 Å². The Balaban J connectivity index is 1.76. The van der Waals surface area contributed by atoms with Gasteiger partial charge in [0.05, 0.1) is 25.3 Å². The number of ether oxygens (including phenoxy) is 2.